The highest BCUT2D eigenvalue weighted by Crippen LogP contribution is 2.29. The van der Waals surface area contributed by atoms with Gasteiger partial charge in [-0.2, -0.15) is 0 Å². The first-order valence-electron chi connectivity index (χ1n) is 5.49. The molecule has 1 aromatic rings. The topological polar surface area (TPSA) is 9.23 Å². The Morgan fingerprint density at radius 1 is 1.36 bits per heavy atom. The van der Waals surface area contributed by atoms with Crippen molar-refractivity contribution in [2.45, 2.75) is 32.6 Å². The second-order valence-electron chi connectivity index (χ2n) is 4.15. The largest absolute Gasteiger partial charge is 0.497 e. The quantitative estimate of drug-likeness (QED) is 0.695. The maximum Gasteiger partial charge on any atom is 0.119 e. The van der Waals surface area contributed by atoms with E-state index >= 15 is 0 Å². The summed E-state index contributed by atoms with van der Waals surface area (Å²) < 4.78 is 5.25. The second kappa shape index (κ2) is 4.04. The summed E-state index contributed by atoms with van der Waals surface area (Å²) in [5.74, 6) is 1.88. The molecule has 0 bridgehead atoms. The monoisotopic (exact) mass is 190 g/mol. The predicted molar refractivity (Wildman–Crippen MR) is 58.8 cm³/mol. The molecule has 0 fully saturated rings. The van der Waals surface area contributed by atoms with Crippen molar-refractivity contribution in [3.05, 3.63) is 29.3 Å². The molecule has 0 aliphatic heterocycles. The molecule has 0 radical (unpaired) electrons. The molecular formula is C13H18O. The number of methoxy groups -OCH3 is 1. The fourth-order valence-corrected chi connectivity index (χ4v) is 2.28. The van der Waals surface area contributed by atoms with Gasteiger partial charge in [0.05, 0.1) is 7.11 Å². The van der Waals surface area contributed by atoms with Gasteiger partial charge in [0.25, 0.3) is 0 Å². The van der Waals surface area contributed by atoms with E-state index in [1.54, 1.807) is 7.11 Å². The van der Waals surface area contributed by atoms with Crippen LogP contribution in [-0.2, 0) is 12.8 Å². The van der Waals surface area contributed by atoms with Crippen molar-refractivity contribution < 1.29 is 4.74 Å². The summed E-state index contributed by atoms with van der Waals surface area (Å²) in [6.07, 6.45) is 5.15. The van der Waals surface area contributed by atoms with Gasteiger partial charge in [-0.25, -0.2) is 0 Å². The standard InChI is InChI=1S/C13H18O/c1-3-10-4-5-11-6-7-13(14-2)9-12(11)8-10/h6-7,9-10H,3-5,8H2,1-2H3/t10-/m0/s1. The molecule has 1 heteroatoms. The van der Waals surface area contributed by atoms with Gasteiger partial charge in [-0.15, -0.1) is 0 Å². The Bertz CT molecular complexity index is 317. The van der Waals surface area contributed by atoms with Crippen molar-refractivity contribution in [3.63, 3.8) is 0 Å². The Kier molecular flexibility index (Phi) is 2.76. The van der Waals surface area contributed by atoms with Crippen LogP contribution in [0.2, 0.25) is 0 Å². The predicted octanol–water partition coefficient (Wildman–Crippen LogP) is 3.21. The van der Waals surface area contributed by atoms with E-state index in [2.05, 4.69) is 25.1 Å². The smallest absolute Gasteiger partial charge is 0.119 e. The Balaban J connectivity index is 2.25. The van der Waals surface area contributed by atoms with E-state index in [1.165, 1.54) is 36.8 Å². The first kappa shape index (κ1) is 9.57. The molecular weight excluding hydrogens is 172 g/mol. The van der Waals surface area contributed by atoms with Crippen LogP contribution in [0.4, 0.5) is 0 Å². The summed E-state index contributed by atoms with van der Waals surface area (Å²) in [4.78, 5) is 0. The highest BCUT2D eigenvalue weighted by molar-refractivity contribution is 5.37. The van der Waals surface area contributed by atoms with Crippen LogP contribution >= 0.6 is 0 Å². The summed E-state index contributed by atoms with van der Waals surface area (Å²) in [5, 5.41) is 0. The zero-order valence-corrected chi connectivity index (χ0v) is 9.05. The Morgan fingerprint density at radius 3 is 2.93 bits per heavy atom. The molecule has 1 aliphatic carbocycles. The Morgan fingerprint density at radius 2 is 2.21 bits per heavy atom. The molecule has 1 aromatic carbocycles. The zero-order valence-electron chi connectivity index (χ0n) is 9.05. The third kappa shape index (κ3) is 1.77. The molecule has 14 heavy (non-hydrogen) atoms. The molecule has 0 spiro atoms. The van der Waals surface area contributed by atoms with Crippen molar-refractivity contribution in [3.8, 4) is 5.75 Å². The van der Waals surface area contributed by atoms with E-state index in [9.17, 15) is 0 Å². The van der Waals surface area contributed by atoms with E-state index in [0.717, 1.165) is 11.7 Å². The van der Waals surface area contributed by atoms with Crippen LogP contribution in [0, 0.1) is 5.92 Å². The van der Waals surface area contributed by atoms with E-state index < -0.39 is 0 Å². The van der Waals surface area contributed by atoms with Crippen LogP contribution in [0.3, 0.4) is 0 Å². The lowest BCUT2D eigenvalue weighted by Crippen LogP contribution is -2.13. The van der Waals surface area contributed by atoms with Crippen LogP contribution in [0.1, 0.15) is 30.9 Å². The number of aryl methyl sites for hydroxylation is 1. The van der Waals surface area contributed by atoms with Gasteiger partial charge in [-0.1, -0.05) is 19.4 Å². The van der Waals surface area contributed by atoms with Gasteiger partial charge in [-0.05, 0) is 48.4 Å². The molecule has 0 aromatic heterocycles. The normalized spacial score (nSPS) is 20.3. The summed E-state index contributed by atoms with van der Waals surface area (Å²) in [7, 11) is 1.74. The average molecular weight is 190 g/mol. The first-order chi connectivity index (χ1) is 6.83. The summed E-state index contributed by atoms with van der Waals surface area (Å²) in [6, 6.07) is 6.50. The third-order valence-electron chi connectivity index (χ3n) is 3.32. The van der Waals surface area contributed by atoms with E-state index in [0.29, 0.717) is 0 Å². The van der Waals surface area contributed by atoms with E-state index in [1.807, 2.05) is 0 Å². The van der Waals surface area contributed by atoms with Gasteiger partial charge in [0.1, 0.15) is 5.75 Å². The zero-order chi connectivity index (χ0) is 9.97. The number of hydrogen-bond acceptors (Lipinski definition) is 1. The average Bonchev–Trinajstić information content (AvgIpc) is 2.27. The second-order valence-corrected chi connectivity index (χ2v) is 4.15. The number of ether oxygens (including phenoxy) is 1. The summed E-state index contributed by atoms with van der Waals surface area (Å²) >= 11 is 0. The molecule has 0 amide bonds. The molecule has 76 valence electrons. The fourth-order valence-electron chi connectivity index (χ4n) is 2.28. The molecule has 1 nitrogen and oxygen atoms in total. The molecule has 2 rings (SSSR count). The number of rotatable bonds is 2. The van der Waals surface area contributed by atoms with Crippen molar-refractivity contribution in [1.29, 1.82) is 0 Å². The van der Waals surface area contributed by atoms with Crippen molar-refractivity contribution in [1.82, 2.24) is 0 Å². The van der Waals surface area contributed by atoms with Crippen LogP contribution in [0.15, 0.2) is 18.2 Å². The third-order valence-corrected chi connectivity index (χ3v) is 3.32. The van der Waals surface area contributed by atoms with Gasteiger partial charge in [0, 0.05) is 0 Å². The summed E-state index contributed by atoms with van der Waals surface area (Å²) in [5.41, 5.74) is 3.03. The van der Waals surface area contributed by atoms with Crippen LogP contribution < -0.4 is 4.74 Å². The lowest BCUT2D eigenvalue weighted by molar-refractivity contribution is 0.409. The maximum absolute atomic E-state index is 5.25. The van der Waals surface area contributed by atoms with Crippen molar-refractivity contribution in [2.24, 2.45) is 5.92 Å². The van der Waals surface area contributed by atoms with Crippen molar-refractivity contribution >= 4 is 0 Å². The molecule has 1 atom stereocenters. The molecule has 0 heterocycles. The van der Waals surface area contributed by atoms with Gasteiger partial charge < -0.3 is 4.74 Å². The van der Waals surface area contributed by atoms with Gasteiger partial charge in [0.15, 0.2) is 0 Å². The Hall–Kier alpha value is -0.980. The molecule has 1 aliphatic rings. The van der Waals surface area contributed by atoms with Gasteiger partial charge >= 0.3 is 0 Å². The first-order valence-corrected chi connectivity index (χ1v) is 5.49. The highest BCUT2D eigenvalue weighted by Gasteiger charge is 2.17. The minimum atomic E-state index is 0.884. The highest BCUT2D eigenvalue weighted by atomic mass is 16.5. The minimum Gasteiger partial charge on any atom is -0.497 e. The van der Waals surface area contributed by atoms with Crippen LogP contribution in [-0.4, -0.2) is 7.11 Å². The minimum absolute atomic E-state index is 0.884. The molecule has 0 N–H and O–H groups in total. The lowest BCUT2D eigenvalue weighted by atomic mass is 9.82. The van der Waals surface area contributed by atoms with Crippen molar-refractivity contribution in [2.75, 3.05) is 7.11 Å². The Labute approximate surface area is 86.1 Å². The lowest BCUT2D eigenvalue weighted by Gasteiger charge is -2.23. The molecule has 0 saturated carbocycles. The number of hydrogen-bond donors (Lipinski definition) is 0. The van der Waals surface area contributed by atoms with E-state index in [4.69, 9.17) is 4.74 Å². The summed E-state index contributed by atoms with van der Waals surface area (Å²) in [6.45, 7) is 2.29. The number of benzene rings is 1. The fraction of sp³-hybridized carbons (Fsp3) is 0.538. The van der Waals surface area contributed by atoms with Gasteiger partial charge in [-0.3, -0.25) is 0 Å². The number of fused-ring (bicyclic) bond motifs is 1. The SMILES string of the molecule is CC[C@H]1CCc2ccc(OC)cc2C1. The van der Waals surface area contributed by atoms with Crippen LogP contribution in [0.5, 0.6) is 5.75 Å². The molecule has 0 saturated heterocycles. The maximum atomic E-state index is 5.25. The van der Waals surface area contributed by atoms with Gasteiger partial charge in [0.2, 0.25) is 0 Å². The molecule has 0 unspecified atom stereocenters. The van der Waals surface area contributed by atoms with E-state index in [-0.39, 0.29) is 0 Å². The van der Waals surface area contributed by atoms with Crippen LogP contribution in [0.25, 0.3) is 0 Å².